The molecule has 0 spiro atoms. The number of aliphatic hydroxyl groups is 1. The second-order valence-corrected chi connectivity index (χ2v) is 4.67. The van der Waals surface area contributed by atoms with Gasteiger partial charge in [-0.2, -0.15) is 0 Å². The van der Waals surface area contributed by atoms with E-state index in [2.05, 4.69) is 34.1 Å². The molecule has 1 N–H and O–H groups in total. The van der Waals surface area contributed by atoms with E-state index in [4.69, 9.17) is 0 Å². The lowest BCUT2D eigenvalue weighted by molar-refractivity contribution is 0.172. The van der Waals surface area contributed by atoms with Gasteiger partial charge in [-0.15, -0.1) is 0 Å². The zero-order valence-corrected chi connectivity index (χ0v) is 9.44. The fourth-order valence-electron chi connectivity index (χ4n) is 1.74. The van der Waals surface area contributed by atoms with Gasteiger partial charge in [-0.1, -0.05) is 52.3 Å². The average molecular weight is 253 g/mol. The van der Waals surface area contributed by atoms with Crippen LogP contribution in [0.1, 0.15) is 18.4 Å². The average Bonchev–Trinajstić information content (AvgIpc) is 2.23. The second kappa shape index (κ2) is 4.28. The molecule has 1 aromatic rings. The predicted molar refractivity (Wildman–Crippen MR) is 62.4 cm³/mol. The Morgan fingerprint density at radius 3 is 2.57 bits per heavy atom. The van der Waals surface area contributed by atoms with Crippen molar-refractivity contribution in [1.29, 1.82) is 0 Å². The fourth-order valence-corrected chi connectivity index (χ4v) is 2.33. The molecule has 0 aliphatic heterocycles. The third kappa shape index (κ3) is 2.07. The summed E-state index contributed by atoms with van der Waals surface area (Å²) in [6.07, 6.45) is 3.69. The fraction of sp³-hybridized carbons (Fsp3) is 0.333. The van der Waals surface area contributed by atoms with Gasteiger partial charge in [-0.25, -0.2) is 0 Å². The molecule has 1 aliphatic rings. The summed E-state index contributed by atoms with van der Waals surface area (Å²) in [5.74, 6) is 0. The van der Waals surface area contributed by atoms with Gasteiger partial charge in [0.2, 0.25) is 0 Å². The van der Waals surface area contributed by atoms with Crippen molar-refractivity contribution in [3.8, 4) is 0 Å². The minimum absolute atomic E-state index is 0.103. The molecular formula is C12H13BrO. The summed E-state index contributed by atoms with van der Waals surface area (Å²) in [4.78, 5) is 0.103. The Hall–Kier alpha value is -0.600. The van der Waals surface area contributed by atoms with E-state index < -0.39 is 0 Å². The molecule has 74 valence electrons. The summed E-state index contributed by atoms with van der Waals surface area (Å²) in [5, 5.41) is 9.55. The van der Waals surface area contributed by atoms with Gasteiger partial charge in [-0.05, 0) is 24.0 Å². The van der Waals surface area contributed by atoms with E-state index in [-0.39, 0.29) is 10.9 Å². The van der Waals surface area contributed by atoms with Gasteiger partial charge in [0.05, 0.1) is 10.9 Å². The molecule has 1 aromatic carbocycles. The van der Waals surface area contributed by atoms with Crippen LogP contribution in [0, 0.1) is 0 Å². The molecular weight excluding hydrogens is 240 g/mol. The first kappa shape index (κ1) is 9.94. The normalized spacial score (nSPS) is 27.1. The van der Waals surface area contributed by atoms with Crippen LogP contribution in [0.4, 0.5) is 0 Å². The molecule has 0 saturated heterocycles. The van der Waals surface area contributed by atoms with Crippen molar-refractivity contribution in [3.05, 3.63) is 42.0 Å². The number of benzene rings is 1. The number of halogens is 1. The Labute approximate surface area is 92.6 Å². The molecule has 2 heteroatoms. The van der Waals surface area contributed by atoms with Crippen LogP contribution in [-0.4, -0.2) is 16.0 Å². The molecule has 2 rings (SSSR count). The highest BCUT2D eigenvalue weighted by Crippen LogP contribution is 2.29. The van der Waals surface area contributed by atoms with Crippen molar-refractivity contribution in [2.75, 3.05) is 0 Å². The Bertz CT molecular complexity index is 331. The third-order valence-electron chi connectivity index (χ3n) is 2.58. The van der Waals surface area contributed by atoms with Crippen LogP contribution in [-0.2, 0) is 0 Å². The summed E-state index contributed by atoms with van der Waals surface area (Å²) in [6.45, 7) is 0. The van der Waals surface area contributed by atoms with E-state index >= 15 is 0 Å². The standard InChI is InChI=1S/C12H13BrO/c13-11-8-10(6-7-12(11)14)9-4-2-1-3-5-9/h1-5,8,11-12,14H,6-7H2. The summed E-state index contributed by atoms with van der Waals surface area (Å²) < 4.78 is 0. The van der Waals surface area contributed by atoms with Gasteiger partial charge in [0.15, 0.2) is 0 Å². The molecule has 0 aromatic heterocycles. The van der Waals surface area contributed by atoms with E-state index in [1.807, 2.05) is 18.2 Å². The van der Waals surface area contributed by atoms with E-state index in [1.54, 1.807) is 0 Å². The maximum absolute atomic E-state index is 9.55. The Kier molecular flexibility index (Phi) is 3.04. The van der Waals surface area contributed by atoms with Crippen LogP contribution >= 0.6 is 15.9 Å². The van der Waals surface area contributed by atoms with Crippen LogP contribution in [0.15, 0.2) is 36.4 Å². The SMILES string of the molecule is OC1CCC(c2ccccc2)=CC1Br. The van der Waals surface area contributed by atoms with Crippen molar-refractivity contribution < 1.29 is 5.11 Å². The zero-order chi connectivity index (χ0) is 9.97. The highest BCUT2D eigenvalue weighted by molar-refractivity contribution is 9.09. The first-order valence-corrected chi connectivity index (χ1v) is 5.77. The first-order valence-electron chi connectivity index (χ1n) is 4.85. The molecule has 1 nitrogen and oxygen atoms in total. The van der Waals surface area contributed by atoms with Crippen LogP contribution < -0.4 is 0 Å². The van der Waals surface area contributed by atoms with Crippen LogP contribution in [0.5, 0.6) is 0 Å². The maximum Gasteiger partial charge on any atom is 0.0703 e. The van der Waals surface area contributed by atoms with Gasteiger partial charge in [0, 0.05) is 0 Å². The van der Waals surface area contributed by atoms with Gasteiger partial charge < -0.3 is 5.11 Å². The Morgan fingerprint density at radius 2 is 1.93 bits per heavy atom. The summed E-state index contributed by atoms with van der Waals surface area (Å²) in [5.41, 5.74) is 2.60. The number of hydrogen-bond acceptors (Lipinski definition) is 1. The number of alkyl halides is 1. The Morgan fingerprint density at radius 1 is 1.21 bits per heavy atom. The van der Waals surface area contributed by atoms with Crippen molar-refractivity contribution in [1.82, 2.24) is 0 Å². The summed E-state index contributed by atoms with van der Waals surface area (Å²) in [6, 6.07) is 10.3. The summed E-state index contributed by atoms with van der Waals surface area (Å²) >= 11 is 3.46. The molecule has 0 bridgehead atoms. The third-order valence-corrected chi connectivity index (χ3v) is 3.46. The van der Waals surface area contributed by atoms with Crippen LogP contribution in [0.2, 0.25) is 0 Å². The van der Waals surface area contributed by atoms with Crippen LogP contribution in [0.3, 0.4) is 0 Å². The molecule has 0 amide bonds. The van der Waals surface area contributed by atoms with Crippen LogP contribution in [0.25, 0.3) is 5.57 Å². The largest absolute Gasteiger partial charge is 0.392 e. The van der Waals surface area contributed by atoms with Gasteiger partial charge in [0.1, 0.15) is 0 Å². The van der Waals surface area contributed by atoms with Gasteiger partial charge >= 0.3 is 0 Å². The van der Waals surface area contributed by atoms with Gasteiger partial charge in [0.25, 0.3) is 0 Å². The van der Waals surface area contributed by atoms with Crippen molar-refractivity contribution in [3.63, 3.8) is 0 Å². The number of aliphatic hydroxyl groups excluding tert-OH is 1. The molecule has 14 heavy (non-hydrogen) atoms. The second-order valence-electron chi connectivity index (χ2n) is 3.61. The molecule has 0 heterocycles. The van der Waals surface area contributed by atoms with Gasteiger partial charge in [-0.3, -0.25) is 0 Å². The quantitative estimate of drug-likeness (QED) is 0.763. The lowest BCUT2D eigenvalue weighted by Crippen LogP contribution is -2.22. The van der Waals surface area contributed by atoms with E-state index in [9.17, 15) is 5.11 Å². The molecule has 2 atom stereocenters. The van der Waals surface area contributed by atoms with E-state index in [1.165, 1.54) is 11.1 Å². The molecule has 0 fully saturated rings. The maximum atomic E-state index is 9.55. The van der Waals surface area contributed by atoms with E-state index in [0.717, 1.165) is 12.8 Å². The highest BCUT2D eigenvalue weighted by Gasteiger charge is 2.20. The minimum Gasteiger partial charge on any atom is -0.392 e. The zero-order valence-electron chi connectivity index (χ0n) is 7.86. The lowest BCUT2D eigenvalue weighted by Gasteiger charge is -2.22. The predicted octanol–water partition coefficient (Wildman–Crippen LogP) is 2.99. The van der Waals surface area contributed by atoms with Crippen molar-refractivity contribution in [2.24, 2.45) is 0 Å². The first-order chi connectivity index (χ1) is 6.77. The van der Waals surface area contributed by atoms with Crippen molar-refractivity contribution >= 4 is 21.5 Å². The van der Waals surface area contributed by atoms with Crippen molar-refractivity contribution in [2.45, 2.75) is 23.8 Å². The smallest absolute Gasteiger partial charge is 0.0703 e. The molecule has 0 saturated carbocycles. The Balaban J connectivity index is 2.24. The molecule has 2 unspecified atom stereocenters. The number of rotatable bonds is 1. The topological polar surface area (TPSA) is 20.2 Å². The lowest BCUT2D eigenvalue weighted by atomic mass is 9.92. The minimum atomic E-state index is -0.234. The number of allylic oxidation sites excluding steroid dienone is 1. The molecule has 0 radical (unpaired) electrons. The highest BCUT2D eigenvalue weighted by atomic mass is 79.9. The monoisotopic (exact) mass is 252 g/mol. The number of hydrogen-bond donors (Lipinski definition) is 1. The van der Waals surface area contributed by atoms with E-state index in [0.29, 0.717) is 0 Å². The molecule has 1 aliphatic carbocycles. The summed E-state index contributed by atoms with van der Waals surface area (Å²) in [7, 11) is 0.